The molecule has 0 unspecified atom stereocenters. The number of thiophene rings is 1. The van der Waals surface area contributed by atoms with Crippen LogP contribution >= 0.6 is 11.3 Å². The highest BCUT2D eigenvalue weighted by Gasteiger charge is 2.20. The summed E-state index contributed by atoms with van der Waals surface area (Å²) >= 11 is 1.33. The second-order valence-corrected chi connectivity index (χ2v) is 8.56. The lowest BCUT2D eigenvalue weighted by Crippen LogP contribution is -2.26. The van der Waals surface area contributed by atoms with Crippen LogP contribution in [0.3, 0.4) is 0 Å². The van der Waals surface area contributed by atoms with Crippen molar-refractivity contribution in [2.45, 2.75) is 57.0 Å². The maximum atomic E-state index is 12.2. The quantitative estimate of drug-likeness (QED) is 0.848. The summed E-state index contributed by atoms with van der Waals surface area (Å²) in [6.07, 6.45) is 7.26. The van der Waals surface area contributed by atoms with Crippen LogP contribution in [0.25, 0.3) is 0 Å². The van der Waals surface area contributed by atoms with Crippen LogP contribution in [0, 0.1) is 12.8 Å². The molecule has 0 aromatic carbocycles. The van der Waals surface area contributed by atoms with Gasteiger partial charge in [0.25, 0.3) is 0 Å². The highest BCUT2D eigenvalue weighted by molar-refractivity contribution is 7.89. The van der Waals surface area contributed by atoms with Crippen molar-refractivity contribution in [3.8, 4) is 0 Å². The molecule has 4 nitrogen and oxygen atoms in total. The molecular weight excluding hydrogens is 294 g/mol. The molecule has 0 bridgehead atoms. The molecule has 0 saturated heterocycles. The maximum Gasteiger partial charge on any atom is 0.241 e. The molecule has 0 spiro atoms. The van der Waals surface area contributed by atoms with E-state index < -0.39 is 10.0 Å². The van der Waals surface area contributed by atoms with E-state index in [2.05, 4.69) is 4.72 Å². The number of nitrogens with one attached hydrogen (secondary N) is 1. The second kappa shape index (κ2) is 7.02. The highest BCUT2D eigenvalue weighted by atomic mass is 32.2. The van der Waals surface area contributed by atoms with Crippen LogP contribution in [-0.4, -0.2) is 20.1 Å². The van der Waals surface area contributed by atoms with Crippen LogP contribution in [-0.2, 0) is 16.6 Å². The molecule has 1 aliphatic carbocycles. The third kappa shape index (κ3) is 4.04. The predicted octanol–water partition coefficient (Wildman–Crippen LogP) is 2.80. The van der Waals surface area contributed by atoms with Gasteiger partial charge >= 0.3 is 0 Å². The zero-order valence-corrected chi connectivity index (χ0v) is 13.5. The van der Waals surface area contributed by atoms with Crippen molar-refractivity contribution in [2.24, 2.45) is 5.92 Å². The maximum absolute atomic E-state index is 12.2. The fourth-order valence-corrected chi connectivity index (χ4v) is 5.36. The molecule has 0 atom stereocenters. The molecule has 2 N–H and O–H groups in total. The fraction of sp³-hybridized carbons (Fsp3) is 0.714. The molecule has 2 rings (SSSR count). The van der Waals surface area contributed by atoms with Crippen LogP contribution in [0.4, 0.5) is 0 Å². The molecule has 0 radical (unpaired) electrons. The second-order valence-electron chi connectivity index (χ2n) is 5.48. The Morgan fingerprint density at radius 2 is 2.05 bits per heavy atom. The van der Waals surface area contributed by atoms with Crippen LogP contribution in [0.2, 0.25) is 0 Å². The van der Waals surface area contributed by atoms with Gasteiger partial charge < -0.3 is 5.11 Å². The smallest absolute Gasteiger partial charge is 0.241 e. The lowest BCUT2D eigenvalue weighted by molar-refractivity contribution is 0.285. The van der Waals surface area contributed by atoms with Gasteiger partial charge in [0.05, 0.1) is 11.5 Å². The summed E-state index contributed by atoms with van der Waals surface area (Å²) in [6.45, 7) is 2.18. The summed E-state index contributed by atoms with van der Waals surface area (Å²) in [6, 6.07) is 1.57. The van der Waals surface area contributed by atoms with Gasteiger partial charge in [0.2, 0.25) is 10.0 Å². The predicted molar refractivity (Wildman–Crippen MR) is 81.4 cm³/mol. The lowest BCUT2D eigenvalue weighted by atomic mass is 9.87. The number of aryl methyl sites for hydroxylation is 1. The standard InChI is InChI=1S/C14H23NO3S2/c1-11-14(9-13(10-16)19-11)20(17,18)15-8-7-12-5-3-2-4-6-12/h9,12,15-16H,2-8,10H2,1H3. The summed E-state index contributed by atoms with van der Waals surface area (Å²) in [5.74, 6) is 0.669. The number of hydrogen-bond acceptors (Lipinski definition) is 4. The van der Waals surface area contributed by atoms with E-state index in [1.54, 1.807) is 13.0 Å². The molecule has 20 heavy (non-hydrogen) atoms. The number of hydrogen-bond donors (Lipinski definition) is 2. The Kier molecular flexibility index (Phi) is 5.60. The first kappa shape index (κ1) is 15.9. The van der Waals surface area contributed by atoms with Crippen molar-refractivity contribution in [3.63, 3.8) is 0 Å². The zero-order valence-electron chi connectivity index (χ0n) is 11.9. The van der Waals surface area contributed by atoms with E-state index in [4.69, 9.17) is 5.11 Å². The van der Waals surface area contributed by atoms with Gasteiger partial charge in [-0.15, -0.1) is 11.3 Å². The molecule has 0 aliphatic heterocycles. The van der Waals surface area contributed by atoms with Gasteiger partial charge in [0.1, 0.15) is 0 Å². The van der Waals surface area contributed by atoms with Crippen LogP contribution in [0.15, 0.2) is 11.0 Å². The van der Waals surface area contributed by atoms with E-state index in [0.717, 1.165) is 11.3 Å². The fourth-order valence-electron chi connectivity index (χ4n) is 2.82. The number of aliphatic hydroxyl groups excluding tert-OH is 1. The molecule has 6 heteroatoms. The minimum absolute atomic E-state index is 0.108. The summed E-state index contributed by atoms with van der Waals surface area (Å²) < 4.78 is 27.2. The monoisotopic (exact) mass is 317 g/mol. The van der Waals surface area contributed by atoms with E-state index >= 15 is 0 Å². The van der Waals surface area contributed by atoms with Gasteiger partial charge in [-0.25, -0.2) is 13.1 Å². The van der Waals surface area contributed by atoms with Gasteiger partial charge in [0.15, 0.2) is 0 Å². The molecule has 1 saturated carbocycles. The Hall–Kier alpha value is -0.430. The van der Waals surface area contributed by atoms with E-state index in [1.165, 1.54) is 43.4 Å². The number of rotatable bonds is 6. The third-order valence-corrected chi connectivity index (χ3v) is 6.69. The molecule has 1 aromatic rings. The van der Waals surface area contributed by atoms with E-state index in [-0.39, 0.29) is 6.61 Å². The largest absolute Gasteiger partial charge is 0.391 e. The summed E-state index contributed by atoms with van der Waals surface area (Å²) in [5.41, 5.74) is 0. The summed E-state index contributed by atoms with van der Waals surface area (Å²) in [4.78, 5) is 1.74. The van der Waals surface area contributed by atoms with Crippen molar-refractivity contribution in [1.82, 2.24) is 4.72 Å². The molecule has 0 amide bonds. The van der Waals surface area contributed by atoms with Crippen molar-refractivity contribution < 1.29 is 13.5 Å². The van der Waals surface area contributed by atoms with Gasteiger partial charge in [-0.3, -0.25) is 0 Å². The van der Waals surface area contributed by atoms with E-state index in [0.29, 0.717) is 22.2 Å². The topological polar surface area (TPSA) is 66.4 Å². The van der Waals surface area contributed by atoms with Gasteiger partial charge in [-0.1, -0.05) is 32.1 Å². The Labute approximate surface area is 125 Å². The average molecular weight is 317 g/mol. The van der Waals surface area contributed by atoms with Gasteiger partial charge in [-0.2, -0.15) is 0 Å². The SMILES string of the molecule is Cc1sc(CO)cc1S(=O)(=O)NCCC1CCCCC1. The minimum Gasteiger partial charge on any atom is -0.391 e. The summed E-state index contributed by atoms with van der Waals surface area (Å²) in [5, 5.41) is 9.08. The zero-order chi connectivity index (χ0) is 14.6. The molecule has 1 aliphatic rings. The van der Waals surface area contributed by atoms with E-state index in [1.807, 2.05) is 0 Å². The van der Waals surface area contributed by atoms with E-state index in [9.17, 15) is 8.42 Å². The van der Waals surface area contributed by atoms with Gasteiger partial charge in [-0.05, 0) is 25.3 Å². The normalized spacial score (nSPS) is 17.5. The number of aliphatic hydroxyl groups is 1. The first-order chi connectivity index (χ1) is 9.53. The third-order valence-electron chi connectivity index (χ3n) is 3.94. The minimum atomic E-state index is -3.43. The average Bonchev–Trinajstić information content (AvgIpc) is 2.82. The van der Waals surface area contributed by atoms with Crippen LogP contribution < -0.4 is 4.72 Å². The molecule has 1 fully saturated rings. The van der Waals surface area contributed by atoms with Crippen molar-refractivity contribution >= 4 is 21.4 Å². The van der Waals surface area contributed by atoms with Crippen LogP contribution in [0.5, 0.6) is 0 Å². The molecule has 1 aromatic heterocycles. The Morgan fingerprint density at radius 1 is 1.35 bits per heavy atom. The van der Waals surface area contributed by atoms with Crippen molar-refractivity contribution in [3.05, 3.63) is 15.8 Å². The molecule has 114 valence electrons. The van der Waals surface area contributed by atoms with Crippen molar-refractivity contribution in [1.29, 1.82) is 0 Å². The first-order valence-corrected chi connectivity index (χ1v) is 9.52. The number of sulfonamides is 1. The highest BCUT2D eigenvalue weighted by Crippen LogP contribution is 2.27. The summed E-state index contributed by atoms with van der Waals surface area (Å²) in [7, 11) is -3.43. The molecular formula is C14H23NO3S2. The van der Waals surface area contributed by atoms with Crippen molar-refractivity contribution in [2.75, 3.05) is 6.54 Å². The lowest BCUT2D eigenvalue weighted by Gasteiger charge is -2.21. The molecule has 1 heterocycles. The Bertz CT molecular complexity index is 531. The first-order valence-electron chi connectivity index (χ1n) is 7.23. The van der Waals surface area contributed by atoms with Gasteiger partial charge in [0, 0.05) is 16.3 Å². The Morgan fingerprint density at radius 3 is 2.65 bits per heavy atom. The Balaban J connectivity index is 1.91. The van der Waals surface area contributed by atoms with Crippen LogP contribution in [0.1, 0.15) is 48.3 Å².